The normalized spacial score (nSPS) is 12.4. The maximum atomic E-state index is 6.79. The van der Waals surface area contributed by atoms with Crippen LogP contribution in [-0.2, 0) is 24.8 Å². The molecule has 0 amide bonds. The summed E-state index contributed by atoms with van der Waals surface area (Å²) in [5.41, 5.74) is 16.9. The number of nitrogens with zero attached hydrogens (tertiary/aromatic N) is 5. The van der Waals surface area contributed by atoms with Gasteiger partial charge in [0.25, 0.3) is 0 Å². The van der Waals surface area contributed by atoms with E-state index in [0.717, 1.165) is 71.2 Å². The Morgan fingerprint density at radius 1 is 0.444 bits per heavy atom. The third kappa shape index (κ3) is 8.30. The molecule has 0 saturated carbocycles. The van der Waals surface area contributed by atoms with Gasteiger partial charge in [-0.1, -0.05) is 60.7 Å². The van der Waals surface area contributed by atoms with E-state index in [9.17, 15) is 0 Å². The molecule has 9 aromatic carbocycles. The fourth-order valence-electron chi connectivity index (χ4n) is 10.1. The van der Waals surface area contributed by atoms with Crippen LogP contribution in [0.1, 0.15) is 26.3 Å². The number of imidazole rings is 1. The first kappa shape index (κ1) is 44.9. The summed E-state index contributed by atoms with van der Waals surface area (Å²) >= 11 is 2.52. The molecule has 0 fully saturated rings. The number of para-hydroxylation sites is 5. The van der Waals surface area contributed by atoms with Gasteiger partial charge in [-0.2, -0.15) is 0 Å². The predicted molar refractivity (Wildman–Crippen MR) is 294 cm³/mol. The van der Waals surface area contributed by atoms with Gasteiger partial charge in [-0.25, -0.2) is 0 Å². The average molecular weight is 1110 g/mol. The Labute approximate surface area is 432 Å². The summed E-state index contributed by atoms with van der Waals surface area (Å²) in [5, 5.41) is 0. The summed E-state index contributed by atoms with van der Waals surface area (Å²) in [6, 6.07) is 88.2. The molecule has 0 N–H and O–H groups in total. The quantitative estimate of drug-likeness (QED) is 0.128. The van der Waals surface area contributed by atoms with Crippen LogP contribution in [0, 0.1) is 3.80 Å². The van der Waals surface area contributed by atoms with Crippen LogP contribution in [0.5, 0.6) is 11.6 Å². The van der Waals surface area contributed by atoms with Gasteiger partial charge < -0.3 is 0 Å². The van der Waals surface area contributed by atoms with Crippen molar-refractivity contribution < 1.29 is 24.1 Å². The van der Waals surface area contributed by atoms with Gasteiger partial charge >= 0.3 is 350 Å². The Kier molecular flexibility index (Phi) is 11.7. The summed E-state index contributed by atoms with van der Waals surface area (Å²) in [5.74, 6) is 1.97. The summed E-state index contributed by atoms with van der Waals surface area (Å²) in [6.45, 7) is 6.72. The number of hydrogen-bond acceptors (Lipinski definition) is 4. The van der Waals surface area contributed by atoms with E-state index in [2.05, 4.69) is 289 Å². The van der Waals surface area contributed by atoms with E-state index in [4.69, 9.17) is 9.72 Å². The van der Waals surface area contributed by atoms with Crippen molar-refractivity contribution in [3.63, 3.8) is 0 Å². The first-order chi connectivity index (χ1) is 35.3. The molecule has 0 bridgehead atoms. The van der Waals surface area contributed by atoms with Gasteiger partial charge in [0.2, 0.25) is 0 Å². The van der Waals surface area contributed by atoms with Gasteiger partial charge in [-0.3, -0.25) is 0 Å². The van der Waals surface area contributed by atoms with E-state index in [1.807, 2.05) is 18.2 Å². The average Bonchev–Trinajstić information content (AvgIpc) is 3.93. The molecule has 0 saturated heterocycles. The summed E-state index contributed by atoms with van der Waals surface area (Å²) in [7, 11) is 0. The summed E-state index contributed by atoms with van der Waals surface area (Å²) in [4.78, 5) is 9.97. The molecule has 11 aromatic rings. The number of hydrogen-bond donors (Lipinski definition) is 0. The van der Waals surface area contributed by atoms with Crippen LogP contribution in [0.4, 0.5) is 22.9 Å². The zero-order valence-electron chi connectivity index (χ0n) is 40.2. The molecule has 1 aliphatic rings. The SMILES string of the molecule is CC(C)(C)c1cc(-c2ccccc2)c(-n2[c](=[Pt])n(-c3cccc(Oc4cccc(N5B(c6ccccc6)N(c6ccccc6)c6ccccc65)n4)c3)c3ccccc32)c(-c2ccc(-c3ccccc3)cc2)c1. The second-order valence-electron chi connectivity index (χ2n) is 19.2. The van der Waals surface area contributed by atoms with Crippen LogP contribution in [0.15, 0.2) is 249 Å². The molecule has 350 valence electrons. The van der Waals surface area contributed by atoms with E-state index < -0.39 is 0 Å². The molecule has 12 rings (SSSR count). The van der Waals surface area contributed by atoms with Gasteiger partial charge in [0.05, 0.1) is 0 Å². The van der Waals surface area contributed by atoms with Crippen molar-refractivity contribution in [2.24, 2.45) is 0 Å². The van der Waals surface area contributed by atoms with E-state index >= 15 is 0 Å². The van der Waals surface area contributed by atoms with Crippen LogP contribution < -0.4 is 19.8 Å². The predicted octanol–water partition coefficient (Wildman–Crippen LogP) is 15.7. The van der Waals surface area contributed by atoms with E-state index in [1.165, 1.54) is 22.3 Å². The molecule has 2 aromatic heterocycles. The summed E-state index contributed by atoms with van der Waals surface area (Å²) in [6.07, 6.45) is 0. The zero-order valence-corrected chi connectivity index (χ0v) is 42.5. The molecule has 72 heavy (non-hydrogen) atoms. The molecule has 0 spiro atoms. The minimum absolute atomic E-state index is 0.105. The van der Waals surface area contributed by atoms with Crippen LogP contribution in [0.3, 0.4) is 0 Å². The maximum absolute atomic E-state index is 6.79. The topological polar surface area (TPSA) is 38.5 Å². The second kappa shape index (κ2) is 18.8. The molecular weight excluding hydrogens is 1060 g/mol. The molecule has 0 atom stereocenters. The third-order valence-corrected chi connectivity index (χ3v) is 14.6. The monoisotopic (exact) mass is 1110 g/mol. The Morgan fingerprint density at radius 2 is 0.944 bits per heavy atom. The van der Waals surface area contributed by atoms with E-state index in [1.54, 1.807) is 0 Å². The Morgan fingerprint density at radius 3 is 1.60 bits per heavy atom. The molecule has 3 heterocycles. The number of pyridine rings is 1. The van der Waals surface area contributed by atoms with Crippen molar-refractivity contribution in [1.82, 2.24) is 14.1 Å². The third-order valence-electron chi connectivity index (χ3n) is 13.6. The van der Waals surface area contributed by atoms with Crippen molar-refractivity contribution in [2.75, 3.05) is 9.62 Å². The van der Waals surface area contributed by atoms with Crippen LogP contribution in [0.2, 0.25) is 0 Å². The van der Waals surface area contributed by atoms with Crippen molar-refractivity contribution >= 4 is 46.4 Å². The van der Waals surface area contributed by atoms with Crippen molar-refractivity contribution in [2.45, 2.75) is 26.2 Å². The molecule has 1 aliphatic heterocycles. The van der Waals surface area contributed by atoms with Gasteiger partial charge in [-0.15, -0.1) is 0 Å². The van der Waals surface area contributed by atoms with Crippen LogP contribution in [-0.4, -0.2) is 21.1 Å². The fourth-order valence-corrected chi connectivity index (χ4v) is 11.2. The summed E-state index contributed by atoms with van der Waals surface area (Å²) < 4.78 is 12.6. The van der Waals surface area contributed by atoms with Gasteiger partial charge in [-0.05, 0) is 18.2 Å². The molecule has 0 aliphatic carbocycles. The molecule has 0 unspecified atom stereocenters. The van der Waals surface area contributed by atoms with E-state index in [0.29, 0.717) is 11.6 Å². The van der Waals surface area contributed by atoms with Gasteiger partial charge in [0.1, 0.15) is 0 Å². The van der Waals surface area contributed by atoms with Gasteiger partial charge in [0.15, 0.2) is 0 Å². The standard InChI is InChI=1S/C64H50BN5O.Pt/c1-64(2,3)50-42-55(48-24-10-5-11-25-48)63(56(43-50)49-40-38-47(39-41-49)46-22-8-4-9-23-46)68-45-67(57-32-16-17-33-58(57)68)53-30-20-31-54(44-53)71-62-37-21-36-61(66-62)70-60-35-19-18-34-59(60)69(52-28-14-7-15-29-52)65(70)51-26-12-6-13-27-51;/h4-44H,1-3H3;. The number of benzene rings is 9. The number of fused-ring (bicyclic) bond motifs is 2. The van der Waals surface area contributed by atoms with Crippen molar-refractivity contribution in [3.8, 4) is 56.4 Å². The number of aromatic nitrogens is 3. The van der Waals surface area contributed by atoms with Crippen molar-refractivity contribution in [3.05, 3.63) is 258 Å². The fraction of sp³-hybridized carbons (Fsp3) is 0.0625. The number of ether oxygens (including phenoxy) is 1. The van der Waals surface area contributed by atoms with Gasteiger partial charge in [0, 0.05) is 5.69 Å². The molecule has 8 heteroatoms. The first-order valence-corrected chi connectivity index (χ1v) is 25.5. The molecule has 6 nitrogen and oxygen atoms in total. The Hall–Kier alpha value is -8.25. The zero-order chi connectivity index (χ0) is 48.8. The number of rotatable bonds is 10. The molecular formula is C64H50BN5OPt. The van der Waals surface area contributed by atoms with Crippen LogP contribution >= 0.6 is 0 Å². The second-order valence-corrected chi connectivity index (χ2v) is 20.2. The molecule has 0 radical (unpaired) electrons. The van der Waals surface area contributed by atoms with Crippen molar-refractivity contribution in [1.29, 1.82) is 0 Å². The van der Waals surface area contributed by atoms with E-state index in [-0.39, 0.29) is 12.4 Å². The Bertz CT molecular complexity index is 3800. The minimum atomic E-state index is -0.186. The van der Waals surface area contributed by atoms with Crippen LogP contribution in [0.25, 0.3) is 55.8 Å². The Balaban J connectivity index is 0.970. The number of anilines is 4. The first-order valence-electron chi connectivity index (χ1n) is 24.4.